The van der Waals surface area contributed by atoms with Crippen molar-refractivity contribution < 1.29 is 9.72 Å². The number of anilines is 1. The summed E-state index contributed by atoms with van der Waals surface area (Å²) >= 11 is 1.53. The van der Waals surface area contributed by atoms with E-state index in [1.807, 2.05) is 13.8 Å². The molecule has 134 valence electrons. The molecule has 0 spiro atoms. The molecular formula is C17H17N5O3S. The van der Waals surface area contributed by atoms with Crippen LogP contribution in [-0.2, 0) is 7.05 Å². The SMILES string of the molecule is Cc1cnc(C(C)Nc2ccc(C(=O)c3nccn3C)cc2[N+](=O)[O-])s1. The first kappa shape index (κ1) is 17.7. The number of rotatable bonds is 6. The van der Waals surface area contributed by atoms with Crippen LogP contribution in [0, 0.1) is 17.0 Å². The fourth-order valence-electron chi connectivity index (χ4n) is 2.53. The Bertz CT molecular complexity index is 978. The van der Waals surface area contributed by atoms with Crippen LogP contribution in [0.2, 0.25) is 0 Å². The fourth-order valence-corrected chi connectivity index (χ4v) is 3.30. The van der Waals surface area contributed by atoms with Crippen molar-refractivity contribution in [2.24, 2.45) is 7.05 Å². The first-order chi connectivity index (χ1) is 12.4. The van der Waals surface area contributed by atoms with Gasteiger partial charge in [-0.25, -0.2) is 9.97 Å². The van der Waals surface area contributed by atoms with Gasteiger partial charge in [0.15, 0.2) is 5.82 Å². The third-order valence-corrected chi connectivity index (χ3v) is 4.96. The highest BCUT2D eigenvalue weighted by atomic mass is 32.1. The molecule has 1 N–H and O–H groups in total. The Morgan fingerprint density at radius 1 is 1.38 bits per heavy atom. The number of imidazole rings is 1. The molecule has 1 unspecified atom stereocenters. The number of carbonyl (C=O) groups is 1. The minimum Gasteiger partial charge on any atom is -0.371 e. The van der Waals surface area contributed by atoms with Gasteiger partial charge in [-0.1, -0.05) is 0 Å². The van der Waals surface area contributed by atoms with Crippen LogP contribution in [0.25, 0.3) is 0 Å². The van der Waals surface area contributed by atoms with Crippen molar-refractivity contribution in [3.8, 4) is 0 Å². The molecular weight excluding hydrogens is 354 g/mol. The van der Waals surface area contributed by atoms with Gasteiger partial charge in [-0.3, -0.25) is 14.9 Å². The zero-order valence-corrected chi connectivity index (χ0v) is 15.3. The van der Waals surface area contributed by atoms with Gasteiger partial charge in [0.05, 0.1) is 11.0 Å². The summed E-state index contributed by atoms with van der Waals surface area (Å²) in [7, 11) is 1.70. The number of nitro benzene ring substituents is 1. The fraction of sp³-hybridized carbons (Fsp3) is 0.235. The number of hydrogen-bond donors (Lipinski definition) is 1. The summed E-state index contributed by atoms with van der Waals surface area (Å²) in [5.41, 5.74) is 0.395. The van der Waals surface area contributed by atoms with Crippen molar-refractivity contribution in [1.82, 2.24) is 14.5 Å². The van der Waals surface area contributed by atoms with Crippen LogP contribution in [0.4, 0.5) is 11.4 Å². The number of ketones is 1. The number of nitro groups is 1. The van der Waals surface area contributed by atoms with Crippen LogP contribution >= 0.6 is 11.3 Å². The van der Waals surface area contributed by atoms with Crippen molar-refractivity contribution in [3.05, 3.63) is 68.2 Å². The maximum absolute atomic E-state index is 12.5. The molecule has 1 aromatic carbocycles. The van der Waals surface area contributed by atoms with Crippen LogP contribution < -0.4 is 5.32 Å². The van der Waals surface area contributed by atoms with Crippen molar-refractivity contribution in [3.63, 3.8) is 0 Å². The van der Waals surface area contributed by atoms with Crippen LogP contribution in [0.3, 0.4) is 0 Å². The standard InChI is InChI=1S/C17H17N5O3S/c1-10-9-19-17(26-10)11(2)20-13-5-4-12(8-14(13)22(24)25)15(23)16-18-6-7-21(16)3/h4-9,11,20H,1-3H3. The molecule has 0 saturated carbocycles. The topological polar surface area (TPSA) is 103 Å². The Balaban J connectivity index is 1.91. The largest absolute Gasteiger partial charge is 0.371 e. The Morgan fingerprint density at radius 3 is 2.73 bits per heavy atom. The minimum atomic E-state index is -0.503. The van der Waals surface area contributed by atoms with Crippen LogP contribution in [0.1, 0.15) is 39.0 Å². The summed E-state index contributed by atoms with van der Waals surface area (Å²) < 4.78 is 1.58. The summed E-state index contributed by atoms with van der Waals surface area (Å²) in [5, 5.41) is 15.4. The van der Waals surface area contributed by atoms with E-state index in [2.05, 4.69) is 15.3 Å². The monoisotopic (exact) mass is 371 g/mol. The Morgan fingerprint density at radius 2 is 2.15 bits per heavy atom. The molecule has 0 aliphatic rings. The highest BCUT2D eigenvalue weighted by Gasteiger charge is 2.22. The molecule has 0 aliphatic carbocycles. The number of aryl methyl sites for hydroxylation is 2. The quantitative estimate of drug-likeness (QED) is 0.404. The summed E-state index contributed by atoms with van der Waals surface area (Å²) in [4.78, 5) is 32.9. The average molecular weight is 371 g/mol. The first-order valence-electron chi connectivity index (χ1n) is 7.86. The van der Waals surface area contributed by atoms with Gasteiger partial charge < -0.3 is 9.88 Å². The van der Waals surface area contributed by atoms with E-state index in [-0.39, 0.29) is 28.9 Å². The molecule has 0 fully saturated rings. The molecule has 26 heavy (non-hydrogen) atoms. The molecule has 3 aromatic rings. The Labute approximate surface area is 153 Å². The predicted molar refractivity (Wildman–Crippen MR) is 98.6 cm³/mol. The number of hydrogen-bond acceptors (Lipinski definition) is 7. The van der Waals surface area contributed by atoms with Gasteiger partial charge in [0.2, 0.25) is 5.78 Å². The zero-order valence-electron chi connectivity index (χ0n) is 14.5. The lowest BCUT2D eigenvalue weighted by Gasteiger charge is -2.13. The highest BCUT2D eigenvalue weighted by Crippen LogP contribution is 2.31. The lowest BCUT2D eigenvalue weighted by atomic mass is 10.1. The van der Waals surface area contributed by atoms with Gasteiger partial charge >= 0.3 is 0 Å². The summed E-state index contributed by atoms with van der Waals surface area (Å²) in [5.74, 6) is -0.137. The van der Waals surface area contributed by atoms with Gasteiger partial charge in [-0.2, -0.15) is 0 Å². The second-order valence-electron chi connectivity index (χ2n) is 5.86. The van der Waals surface area contributed by atoms with Gasteiger partial charge in [-0.15, -0.1) is 11.3 Å². The summed E-state index contributed by atoms with van der Waals surface area (Å²) in [6.07, 6.45) is 4.92. The maximum atomic E-state index is 12.5. The van der Waals surface area contributed by atoms with Gasteiger partial charge in [0.25, 0.3) is 5.69 Å². The van der Waals surface area contributed by atoms with E-state index >= 15 is 0 Å². The molecule has 2 heterocycles. The van der Waals surface area contributed by atoms with Crippen LogP contribution in [-0.4, -0.2) is 25.2 Å². The molecule has 0 radical (unpaired) electrons. The average Bonchev–Trinajstić information content (AvgIpc) is 3.22. The molecule has 9 heteroatoms. The predicted octanol–water partition coefficient (Wildman–Crippen LogP) is 3.50. The van der Waals surface area contributed by atoms with Crippen LogP contribution in [0.5, 0.6) is 0 Å². The van der Waals surface area contributed by atoms with Gasteiger partial charge in [0.1, 0.15) is 10.7 Å². The second-order valence-corrected chi connectivity index (χ2v) is 7.12. The number of carbonyl (C=O) groups excluding carboxylic acids is 1. The lowest BCUT2D eigenvalue weighted by Crippen LogP contribution is -2.11. The summed E-state index contributed by atoms with van der Waals surface area (Å²) in [6.45, 7) is 3.84. The highest BCUT2D eigenvalue weighted by molar-refractivity contribution is 7.11. The normalized spacial score (nSPS) is 12.0. The maximum Gasteiger partial charge on any atom is 0.293 e. The number of nitrogens with one attached hydrogen (secondary N) is 1. The zero-order chi connectivity index (χ0) is 18.8. The third-order valence-electron chi connectivity index (χ3n) is 3.86. The number of nitrogens with zero attached hydrogens (tertiary/aromatic N) is 4. The molecule has 2 aromatic heterocycles. The van der Waals surface area contributed by atoms with Crippen molar-refractivity contribution in [2.75, 3.05) is 5.32 Å². The molecule has 1 atom stereocenters. The van der Waals surface area contributed by atoms with E-state index in [1.54, 1.807) is 36.1 Å². The van der Waals surface area contributed by atoms with E-state index in [1.165, 1.54) is 23.6 Å². The summed E-state index contributed by atoms with van der Waals surface area (Å²) in [6, 6.07) is 4.19. The van der Waals surface area contributed by atoms with Crippen molar-refractivity contribution in [1.29, 1.82) is 0 Å². The molecule has 0 saturated heterocycles. The second kappa shape index (κ2) is 7.04. The van der Waals surface area contributed by atoms with E-state index in [4.69, 9.17) is 0 Å². The molecule has 0 aliphatic heterocycles. The van der Waals surface area contributed by atoms with Crippen molar-refractivity contribution >= 4 is 28.5 Å². The minimum absolute atomic E-state index is 0.162. The Kier molecular flexibility index (Phi) is 4.81. The Hall–Kier alpha value is -3.07. The van der Waals surface area contributed by atoms with Crippen molar-refractivity contribution in [2.45, 2.75) is 19.9 Å². The van der Waals surface area contributed by atoms with E-state index in [0.29, 0.717) is 5.69 Å². The molecule has 8 nitrogen and oxygen atoms in total. The number of benzene rings is 1. The third kappa shape index (κ3) is 3.47. The smallest absolute Gasteiger partial charge is 0.293 e. The lowest BCUT2D eigenvalue weighted by molar-refractivity contribution is -0.384. The molecule has 0 amide bonds. The van der Waals surface area contributed by atoms with E-state index < -0.39 is 4.92 Å². The first-order valence-corrected chi connectivity index (χ1v) is 8.67. The van der Waals surface area contributed by atoms with Gasteiger partial charge in [-0.05, 0) is 26.0 Å². The number of aromatic nitrogens is 3. The van der Waals surface area contributed by atoms with Gasteiger partial charge in [0, 0.05) is 42.1 Å². The number of thiazole rings is 1. The van der Waals surface area contributed by atoms with Crippen LogP contribution in [0.15, 0.2) is 36.8 Å². The van der Waals surface area contributed by atoms with E-state index in [0.717, 1.165) is 9.88 Å². The molecule has 0 bridgehead atoms. The molecule has 3 rings (SSSR count). The van der Waals surface area contributed by atoms with E-state index in [9.17, 15) is 14.9 Å².